The molecule has 0 spiro atoms. The van der Waals surface area contributed by atoms with Gasteiger partial charge in [-0.15, -0.1) is 0 Å². The number of rotatable bonds is 6. The molecule has 2 aromatic carbocycles. The first-order chi connectivity index (χ1) is 17.8. The largest absolute Gasteiger partial charge is 0.497 e. The third-order valence-corrected chi connectivity index (χ3v) is 9.54. The van der Waals surface area contributed by atoms with Gasteiger partial charge in [-0.1, -0.05) is 6.92 Å². The van der Waals surface area contributed by atoms with E-state index in [1.165, 1.54) is 16.4 Å². The number of benzene rings is 2. The lowest BCUT2D eigenvalue weighted by molar-refractivity contribution is 0.141. The summed E-state index contributed by atoms with van der Waals surface area (Å²) in [6, 6.07) is 11.1. The highest BCUT2D eigenvalue weighted by atomic mass is 32.2. The van der Waals surface area contributed by atoms with Gasteiger partial charge in [0, 0.05) is 44.7 Å². The lowest BCUT2D eigenvalue weighted by Crippen LogP contribution is -2.49. The first-order valence-electron chi connectivity index (χ1n) is 12.9. The molecule has 2 aliphatic heterocycles. The summed E-state index contributed by atoms with van der Waals surface area (Å²) in [5.74, 6) is 2.47. The van der Waals surface area contributed by atoms with Crippen LogP contribution >= 0.6 is 0 Å². The number of fused-ring (bicyclic) bond motifs is 1. The Morgan fingerprint density at radius 3 is 2.30 bits per heavy atom. The van der Waals surface area contributed by atoms with E-state index in [1.807, 2.05) is 0 Å². The van der Waals surface area contributed by atoms with E-state index in [4.69, 9.17) is 14.7 Å². The molecular weight excluding hydrogens is 493 g/mol. The van der Waals surface area contributed by atoms with E-state index in [0.717, 1.165) is 42.7 Å². The molecule has 37 heavy (non-hydrogen) atoms. The van der Waals surface area contributed by atoms with Crippen LogP contribution in [0, 0.1) is 11.7 Å². The van der Waals surface area contributed by atoms with E-state index in [-0.39, 0.29) is 16.8 Å². The van der Waals surface area contributed by atoms with Gasteiger partial charge in [-0.25, -0.2) is 22.8 Å². The zero-order valence-electron chi connectivity index (χ0n) is 21.6. The third kappa shape index (κ3) is 5.28. The number of anilines is 1. The average molecular weight is 528 g/mol. The quantitative estimate of drug-likeness (QED) is 0.478. The fourth-order valence-electron chi connectivity index (χ4n) is 5.14. The highest BCUT2D eigenvalue weighted by molar-refractivity contribution is 7.89. The van der Waals surface area contributed by atoms with Crippen molar-refractivity contribution in [1.82, 2.24) is 19.2 Å². The van der Waals surface area contributed by atoms with Crippen molar-refractivity contribution in [1.29, 1.82) is 0 Å². The van der Waals surface area contributed by atoms with Crippen molar-refractivity contribution >= 4 is 26.7 Å². The molecule has 3 heterocycles. The summed E-state index contributed by atoms with van der Waals surface area (Å²) in [7, 11) is -2.03. The molecule has 0 N–H and O–H groups in total. The van der Waals surface area contributed by atoms with Gasteiger partial charge in [0.15, 0.2) is 0 Å². The Kier molecular flexibility index (Phi) is 7.33. The van der Waals surface area contributed by atoms with Crippen molar-refractivity contribution in [2.75, 3.05) is 51.3 Å². The minimum atomic E-state index is -3.58. The summed E-state index contributed by atoms with van der Waals surface area (Å²) in [4.78, 5) is 14.5. The molecule has 0 radical (unpaired) electrons. The minimum Gasteiger partial charge on any atom is -0.497 e. The number of piperidine rings is 1. The molecule has 2 saturated heterocycles. The maximum atomic E-state index is 14.1. The van der Waals surface area contributed by atoms with Gasteiger partial charge in [0.2, 0.25) is 10.0 Å². The molecule has 198 valence electrons. The normalized spacial score (nSPS) is 19.3. The minimum absolute atomic E-state index is 0.109. The zero-order chi connectivity index (χ0) is 26.2. The Hall–Kier alpha value is -2.82. The lowest BCUT2D eigenvalue weighted by Gasteiger charge is -2.37. The molecule has 5 rings (SSSR count). The van der Waals surface area contributed by atoms with Gasteiger partial charge in [-0.3, -0.25) is 4.90 Å². The average Bonchev–Trinajstić information content (AvgIpc) is 2.92. The van der Waals surface area contributed by atoms with Crippen LogP contribution in [0.4, 0.5) is 10.2 Å². The van der Waals surface area contributed by atoms with E-state index < -0.39 is 10.0 Å². The molecule has 1 unspecified atom stereocenters. The van der Waals surface area contributed by atoms with E-state index in [0.29, 0.717) is 43.7 Å². The van der Waals surface area contributed by atoms with Crippen LogP contribution in [0.25, 0.3) is 10.9 Å². The summed E-state index contributed by atoms with van der Waals surface area (Å²) >= 11 is 0. The number of sulfonamides is 1. The van der Waals surface area contributed by atoms with Crippen LogP contribution in [0.2, 0.25) is 0 Å². The fourth-order valence-corrected chi connectivity index (χ4v) is 6.56. The van der Waals surface area contributed by atoms with Gasteiger partial charge in [0.25, 0.3) is 0 Å². The van der Waals surface area contributed by atoms with E-state index in [9.17, 15) is 12.8 Å². The molecule has 2 fully saturated rings. The summed E-state index contributed by atoms with van der Waals surface area (Å²) in [5, 5.41) is 0.737. The predicted octanol–water partition coefficient (Wildman–Crippen LogP) is 4.08. The molecule has 0 bridgehead atoms. The monoisotopic (exact) mass is 527 g/mol. The summed E-state index contributed by atoms with van der Waals surface area (Å²) < 4.78 is 47.1. The smallest absolute Gasteiger partial charge is 0.243 e. The SMILES string of the molecule is COc1ccc(S(=O)(=O)N2CCN(C(C)c3nc(N4CCC(C)CC4)c4cc(F)ccc4n3)CC2)cc1. The molecule has 2 aliphatic rings. The van der Waals surface area contributed by atoms with Gasteiger partial charge in [0.1, 0.15) is 23.2 Å². The molecule has 1 aromatic heterocycles. The lowest BCUT2D eigenvalue weighted by atomic mass is 9.99. The summed E-state index contributed by atoms with van der Waals surface area (Å²) in [6.45, 7) is 8.00. The van der Waals surface area contributed by atoms with Gasteiger partial charge in [0.05, 0.1) is 23.6 Å². The van der Waals surface area contributed by atoms with E-state index in [2.05, 4.69) is 23.6 Å². The van der Waals surface area contributed by atoms with Crippen molar-refractivity contribution < 1.29 is 17.5 Å². The standard InChI is InChI=1S/C27H34FN5O3S/c1-19-10-12-32(13-11-19)27-24-18-21(28)4-9-25(24)29-26(30-27)20(2)31-14-16-33(17-15-31)37(34,35)23-7-5-22(36-3)6-8-23/h4-9,18-20H,10-17H2,1-3H3. The molecule has 10 heteroatoms. The maximum Gasteiger partial charge on any atom is 0.243 e. The van der Waals surface area contributed by atoms with Crippen LogP contribution in [0.15, 0.2) is 47.4 Å². The Balaban J connectivity index is 1.35. The number of aromatic nitrogens is 2. The number of hydrogen-bond donors (Lipinski definition) is 0. The molecule has 3 aromatic rings. The Labute approximate surface area is 218 Å². The fraction of sp³-hybridized carbons (Fsp3) is 0.481. The van der Waals surface area contributed by atoms with Crippen LogP contribution in [-0.4, -0.2) is 74.0 Å². The summed E-state index contributed by atoms with van der Waals surface area (Å²) in [6.07, 6.45) is 2.16. The van der Waals surface area contributed by atoms with Crippen LogP contribution in [0.1, 0.15) is 38.6 Å². The number of ether oxygens (including phenoxy) is 1. The van der Waals surface area contributed by atoms with E-state index in [1.54, 1.807) is 37.4 Å². The molecule has 8 nitrogen and oxygen atoms in total. The van der Waals surface area contributed by atoms with Crippen molar-refractivity contribution in [3.8, 4) is 5.75 Å². The Morgan fingerprint density at radius 1 is 0.973 bits per heavy atom. The Morgan fingerprint density at radius 2 is 1.65 bits per heavy atom. The van der Waals surface area contributed by atoms with Crippen molar-refractivity contribution in [3.05, 3.63) is 54.1 Å². The number of nitrogens with zero attached hydrogens (tertiary/aromatic N) is 5. The predicted molar refractivity (Wildman–Crippen MR) is 142 cm³/mol. The van der Waals surface area contributed by atoms with Gasteiger partial charge in [-0.2, -0.15) is 4.31 Å². The van der Waals surface area contributed by atoms with Crippen LogP contribution in [0.3, 0.4) is 0 Å². The molecular formula is C27H34FN5O3S. The molecule has 0 aliphatic carbocycles. The topological polar surface area (TPSA) is 78.9 Å². The second-order valence-electron chi connectivity index (χ2n) is 10.0. The second kappa shape index (κ2) is 10.5. The molecule has 0 saturated carbocycles. The van der Waals surface area contributed by atoms with Crippen LogP contribution in [0.5, 0.6) is 5.75 Å². The number of hydrogen-bond acceptors (Lipinski definition) is 7. The van der Waals surface area contributed by atoms with Crippen LogP contribution in [-0.2, 0) is 10.0 Å². The third-order valence-electron chi connectivity index (χ3n) is 7.63. The van der Waals surface area contributed by atoms with Crippen molar-refractivity contribution in [2.45, 2.75) is 37.6 Å². The molecule has 1 atom stereocenters. The van der Waals surface area contributed by atoms with Crippen molar-refractivity contribution in [2.24, 2.45) is 5.92 Å². The van der Waals surface area contributed by atoms with Crippen LogP contribution < -0.4 is 9.64 Å². The second-order valence-corrected chi connectivity index (χ2v) is 12.0. The van der Waals surface area contributed by atoms with E-state index >= 15 is 0 Å². The Bertz CT molecular complexity index is 1350. The van der Waals surface area contributed by atoms with Crippen molar-refractivity contribution in [3.63, 3.8) is 0 Å². The zero-order valence-corrected chi connectivity index (χ0v) is 22.4. The van der Waals surface area contributed by atoms with Gasteiger partial charge in [-0.05, 0) is 68.1 Å². The molecule has 0 amide bonds. The first kappa shape index (κ1) is 25.8. The maximum absolute atomic E-state index is 14.1. The van der Waals surface area contributed by atoms with Gasteiger partial charge < -0.3 is 9.64 Å². The highest BCUT2D eigenvalue weighted by Crippen LogP contribution is 2.31. The highest BCUT2D eigenvalue weighted by Gasteiger charge is 2.32. The first-order valence-corrected chi connectivity index (χ1v) is 14.3. The summed E-state index contributed by atoms with van der Waals surface area (Å²) in [5.41, 5.74) is 0.729. The number of methoxy groups -OCH3 is 1. The number of halogens is 1. The van der Waals surface area contributed by atoms with Gasteiger partial charge >= 0.3 is 0 Å². The number of piperazine rings is 1.